The number of nitrogen functional groups attached to an aromatic ring is 1. The lowest BCUT2D eigenvalue weighted by molar-refractivity contribution is -0.134. The Bertz CT molecular complexity index is 1310. The fourth-order valence-electron chi connectivity index (χ4n) is 4.32. The van der Waals surface area contributed by atoms with E-state index >= 15 is 0 Å². The van der Waals surface area contributed by atoms with Crippen molar-refractivity contribution in [3.63, 3.8) is 0 Å². The van der Waals surface area contributed by atoms with E-state index < -0.39 is 11.8 Å². The fourth-order valence-corrected chi connectivity index (χ4v) is 4.32. The number of carbonyl (C=O) groups is 2. The van der Waals surface area contributed by atoms with Crippen molar-refractivity contribution in [3.05, 3.63) is 71.8 Å². The van der Waals surface area contributed by atoms with Gasteiger partial charge in [-0.2, -0.15) is 0 Å². The highest BCUT2D eigenvalue weighted by atomic mass is 35.5. The Hall–Kier alpha value is -3.66. The third-order valence-electron chi connectivity index (χ3n) is 6.37. The number of benzene rings is 3. The molecule has 1 aliphatic rings. The van der Waals surface area contributed by atoms with E-state index in [4.69, 9.17) is 21.6 Å². The number of ether oxygens (including phenoxy) is 1. The molecule has 1 fully saturated rings. The molecule has 0 spiro atoms. The van der Waals surface area contributed by atoms with Crippen LogP contribution in [0.4, 0.5) is 5.69 Å². The van der Waals surface area contributed by atoms with E-state index in [-0.39, 0.29) is 36.8 Å². The van der Waals surface area contributed by atoms with Crippen LogP contribution in [0.5, 0.6) is 5.75 Å². The predicted molar refractivity (Wildman–Crippen MR) is 161 cm³/mol. The molecule has 0 saturated carbocycles. The number of rotatable bonds is 9. The number of hydrogen-bond donors (Lipinski definition) is 4. The lowest BCUT2D eigenvalue weighted by Crippen LogP contribution is -2.38. The van der Waals surface area contributed by atoms with Gasteiger partial charge in [-0.05, 0) is 72.0 Å². The zero-order valence-electron chi connectivity index (χ0n) is 21.5. The third kappa shape index (κ3) is 9.24. The molecular weight excluding hydrogens is 539 g/mol. The monoisotopic (exact) mass is 572 g/mol. The third-order valence-corrected chi connectivity index (χ3v) is 6.37. The molecule has 0 radical (unpaired) electrons. The average molecular weight is 574 g/mol. The Labute approximate surface area is 240 Å². The van der Waals surface area contributed by atoms with Crippen molar-refractivity contribution in [3.8, 4) is 5.75 Å². The van der Waals surface area contributed by atoms with Gasteiger partial charge in [-0.25, -0.2) is 0 Å². The van der Waals surface area contributed by atoms with Crippen molar-refractivity contribution in [1.29, 1.82) is 5.41 Å². The van der Waals surface area contributed by atoms with Gasteiger partial charge in [-0.3, -0.25) is 20.0 Å². The average Bonchev–Trinajstić information content (AvgIpc) is 2.90. The van der Waals surface area contributed by atoms with E-state index in [1.807, 2.05) is 24.4 Å². The van der Waals surface area contributed by atoms with Crippen LogP contribution in [0.25, 0.3) is 10.8 Å². The molecule has 1 saturated heterocycles. The number of nitrogens with one attached hydrogen (secondary N) is 2. The summed E-state index contributed by atoms with van der Waals surface area (Å²) < 4.78 is 6.08. The standard InChI is InChI=1S/C28H32N6O3.2ClH/c29-26(30)21-5-4-20-3-2-19(16-22(20)17-21)18-32-12-1-13-34-14-10-25(11-15-34)37-24-8-6-23(7-9-24)33-28(36)27(31)35;;/h2-9,12,16-17,25H,1,10-11,13-15,18H2,(H3,29,30)(H2,31,35)(H,33,36);2*1H. The second-order valence-electron chi connectivity index (χ2n) is 9.12. The Morgan fingerprint density at radius 3 is 2.36 bits per heavy atom. The number of fused-ring (bicyclic) bond motifs is 1. The van der Waals surface area contributed by atoms with Gasteiger partial charge in [0.2, 0.25) is 0 Å². The lowest BCUT2D eigenvalue weighted by Gasteiger charge is -2.31. The van der Waals surface area contributed by atoms with E-state index in [9.17, 15) is 9.59 Å². The van der Waals surface area contributed by atoms with Gasteiger partial charge < -0.3 is 26.4 Å². The highest BCUT2D eigenvalue weighted by molar-refractivity contribution is 6.39. The molecule has 4 rings (SSSR count). The first kappa shape index (κ1) is 31.6. The maximum Gasteiger partial charge on any atom is 0.313 e. The van der Waals surface area contributed by atoms with Crippen LogP contribution >= 0.6 is 24.8 Å². The van der Waals surface area contributed by atoms with Crippen LogP contribution in [-0.2, 0) is 16.1 Å². The van der Waals surface area contributed by atoms with Crippen LogP contribution in [0, 0.1) is 5.41 Å². The fraction of sp³-hybridized carbons (Fsp3) is 0.286. The number of carbonyl (C=O) groups excluding carboxylic acids is 2. The molecule has 11 heteroatoms. The number of nitrogens with zero attached hydrogens (tertiary/aromatic N) is 2. The summed E-state index contributed by atoms with van der Waals surface area (Å²) in [6, 6.07) is 19.0. The number of nitrogens with two attached hydrogens (primary N) is 2. The number of piperidine rings is 1. The number of anilines is 1. The summed E-state index contributed by atoms with van der Waals surface area (Å²) in [7, 11) is 0. The van der Waals surface area contributed by atoms with Crippen molar-refractivity contribution in [2.24, 2.45) is 16.5 Å². The summed E-state index contributed by atoms with van der Waals surface area (Å²) in [6.45, 7) is 3.52. The number of halogens is 2. The minimum absolute atomic E-state index is 0. The van der Waals surface area contributed by atoms with E-state index in [1.54, 1.807) is 24.3 Å². The molecule has 2 amide bonds. The van der Waals surface area contributed by atoms with Gasteiger partial charge in [-0.1, -0.05) is 24.3 Å². The Morgan fingerprint density at radius 1 is 1.00 bits per heavy atom. The zero-order valence-corrected chi connectivity index (χ0v) is 23.1. The molecule has 6 N–H and O–H groups in total. The van der Waals surface area contributed by atoms with E-state index in [2.05, 4.69) is 33.4 Å². The molecule has 1 aliphatic heterocycles. The quantitative estimate of drug-likeness (QED) is 0.174. The van der Waals surface area contributed by atoms with E-state index in [0.29, 0.717) is 12.2 Å². The first-order chi connectivity index (χ1) is 17.9. The molecule has 0 aromatic heterocycles. The molecule has 1 heterocycles. The van der Waals surface area contributed by atoms with Gasteiger partial charge in [0, 0.05) is 37.1 Å². The first-order valence-corrected chi connectivity index (χ1v) is 12.3. The van der Waals surface area contributed by atoms with Crippen LogP contribution in [0.3, 0.4) is 0 Å². The molecule has 0 atom stereocenters. The minimum atomic E-state index is -1.02. The largest absolute Gasteiger partial charge is 0.490 e. The second-order valence-corrected chi connectivity index (χ2v) is 9.12. The molecule has 3 aromatic rings. The van der Waals surface area contributed by atoms with Crippen LogP contribution < -0.4 is 21.5 Å². The molecule has 0 bridgehead atoms. The van der Waals surface area contributed by atoms with Gasteiger partial charge in [0.1, 0.15) is 17.7 Å². The zero-order chi connectivity index (χ0) is 26.2. The van der Waals surface area contributed by atoms with Crippen molar-refractivity contribution in [2.75, 3.05) is 25.0 Å². The number of amides is 2. The molecule has 208 valence electrons. The van der Waals surface area contributed by atoms with E-state index in [1.165, 1.54) is 0 Å². The summed E-state index contributed by atoms with van der Waals surface area (Å²) in [4.78, 5) is 29.2. The molecule has 9 nitrogen and oxygen atoms in total. The number of likely N-dealkylation sites (tertiary alicyclic amines) is 1. The van der Waals surface area contributed by atoms with Crippen LogP contribution in [0.2, 0.25) is 0 Å². The summed E-state index contributed by atoms with van der Waals surface area (Å²) in [5, 5.41) is 12.2. The summed E-state index contributed by atoms with van der Waals surface area (Å²) in [6.07, 6.45) is 4.92. The molecule has 0 unspecified atom stereocenters. The maximum atomic E-state index is 11.4. The molecule has 3 aromatic carbocycles. The van der Waals surface area contributed by atoms with Crippen molar-refractivity contribution in [2.45, 2.75) is 31.9 Å². The van der Waals surface area contributed by atoms with Crippen molar-refractivity contribution < 1.29 is 14.3 Å². The normalized spacial score (nSPS) is 13.8. The topological polar surface area (TPSA) is 147 Å². The molecule has 39 heavy (non-hydrogen) atoms. The molecular formula is C28H34Cl2N6O3. The Balaban J connectivity index is 0.00000267. The van der Waals surface area contributed by atoms with Gasteiger partial charge >= 0.3 is 11.8 Å². The minimum Gasteiger partial charge on any atom is -0.490 e. The summed E-state index contributed by atoms with van der Waals surface area (Å²) in [5.41, 5.74) is 12.9. The number of amidine groups is 1. The Morgan fingerprint density at radius 2 is 1.69 bits per heavy atom. The highest BCUT2D eigenvalue weighted by Crippen LogP contribution is 2.22. The maximum absolute atomic E-state index is 11.4. The first-order valence-electron chi connectivity index (χ1n) is 12.3. The number of primary amides is 1. The lowest BCUT2D eigenvalue weighted by atomic mass is 10.0. The predicted octanol–water partition coefficient (Wildman–Crippen LogP) is 3.90. The van der Waals surface area contributed by atoms with E-state index in [0.717, 1.165) is 66.5 Å². The van der Waals surface area contributed by atoms with Gasteiger partial charge in [0.25, 0.3) is 0 Å². The van der Waals surface area contributed by atoms with Crippen molar-refractivity contribution >= 4 is 65.1 Å². The number of aliphatic imine (C=N–C) groups is 1. The molecule has 0 aliphatic carbocycles. The van der Waals surface area contributed by atoms with Gasteiger partial charge in [0.15, 0.2) is 0 Å². The smallest absolute Gasteiger partial charge is 0.313 e. The summed E-state index contributed by atoms with van der Waals surface area (Å²) >= 11 is 0. The van der Waals surface area contributed by atoms with Gasteiger partial charge in [-0.15, -0.1) is 24.8 Å². The van der Waals surface area contributed by atoms with Crippen molar-refractivity contribution in [1.82, 2.24) is 4.90 Å². The van der Waals surface area contributed by atoms with Crippen LogP contribution in [-0.4, -0.2) is 54.5 Å². The van der Waals surface area contributed by atoms with Gasteiger partial charge in [0.05, 0.1) is 6.54 Å². The number of hydrogen-bond acceptors (Lipinski definition) is 6. The highest BCUT2D eigenvalue weighted by Gasteiger charge is 2.20. The summed E-state index contributed by atoms with van der Waals surface area (Å²) in [5.74, 6) is -1.06. The Kier molecular flexibility index (Phi) is 12.2. The SMILES string of the molecule is Cl.Cl.N=C(N)c1ccc2ccc(CN=CCCN3CCC(Oc4ccc(NC(=O)C(N)=O)cc4)CC3)cc2c1. The second kappa shape index (κ2) is 15.1. The van der Waals surface area contributed by atoms with Crippen LogP contribution in [0.15, 0.2) is 65.7 Å². The van der Waals surface area contributed by atoms with Crippen LogP contribution in [0.1, 0.15) is 30.4 Å².